The van der Waals surface area contributed by atoms with Crippen molar-refractivity contribution in [1.29, 1.82) is 0 Å². The molecule has 6 heteroatoms. The van der Waals surface area contributed by atoms with Crippen LogP contribution in [0.4, 0.5) is 10.5 Å². The van der Waals surface area contributed by atoms with Gasteiger partial charge in [0, 0.05) is 6.20 Å². The number of pyridine rings is 1. The van der Waals surface area contributed by atoms with E-state index >= 15 is 0 Å². The molecule has 0 bridgehead atoms. The number of anilines is 1. The molecular weight excluding hydrogens is 288 g/mol. The maximum atomic E-state index is 11.6. The molecule has 5 nitrogen and oxygen atoms in total. The second-order valence-corrected chi connectivity index (χ2v) is 5.10. The molecule has 1 aromatic rings. The minimum Gasteiger partial charge on any atom is -0.480 e. The number of carbonyl (C=O) groups excluding carboxylic acids is 1. The Hall–Kier alpha value is -1.30. The number of hydrogen-bond donors (Lipinski definition) is 1. The van der Waals surface area contributed by atoms with Crippen LogP contribution in [0.5, 0.6) is 5.88 Å². The standard InChI is InChI=1S/C11H15BrN2O3/c1-11(2,3)17-10(15)14-7-5-6-13-9(16-4)8(7)12/h5-6H,1-4H3,(H,13,14,15). The summed E-state index contributed by atoms with van der Waals surface area (Å²) in [6.07, 6.45) is 1.02. The topological polar surface area (TPSA) is 60.5 Å². The fourth-order valence-corrected chi connectivity index (χ4v) is 1.57. The van der Waals surface area contributed by atoms with Crippen molar-refractivity contribution in [3.63, 3.8) is 0 Å². The van der Waals surface area contributed by atoms with Crippen LogP contribution in [0.3, 0.4) is 0 Å². The van der Waals surface area contributed by atoms with Crippen LogP contribution in [0.2, 0.25) is 0 Å². The summed E-state index contributed by atoms with van der Waals surface area (Å²) in [6.45, 7) is 5.40. The Morgan fingerprint density at radius 2 is 2.12 bits per heavy atom. The van der Waals surface area contributed by atoms with Crippen molar-refractivity contribution in [2.75, 3.05) is 12.4 Å². The first-order valence-corrected chi connectivity index (χ1v) is 5.81. The number of ether oxygens (including phenoxy) is 2. The van der Waals surface area contributed by atoms with Crippen LogP contribution >= 0.6 is 15.9 Å². The molecule has 1 heterocycles. The van der Waals surface area contributed by atoms with Gasteiger partial charge in [0.25, 0.3) is 0 Å². The van der Waals surface area contributed by atoms with Crippen LogP contribution in [-0.4, -0.2) is 23.8 Å². The Morgan fingerprint density at radius 1 is 1.47 bits per heavy atom. The molecule has 1 rings (SSSR count). The number of rotatable bonds is 2. The van der Waals surface area contributed by atoms with Crippen molar-refractivity contribution < 1.29 is 14.3 Å². The highest BCUT2D eigenvalue weighted by atomic mass is 79.9. The van der Waals surface area contributed by atoms with Gasteiger partial charge < -0.3 is 9.47 Å². The second kappa shape index (κ2) is 5.35. The van der Waals surface area contributed by atoms with Gasteiger partial charge in [0.05, 0.1) is 12.8 Å². The smallest absolute Gasteiger partial charge is 0.412 e. The van der Waals surface area contributed by atoms with Crippen LogP contribution < -0.4 is 10.1 Å². The SMILES string of the molecule is COc1nccc(NC(=O)OC(C)(C)C)c1Br. The quantitative estimate of drug-likeness (QED) is 0.911. The van der Waals surface area contributed by atoms with Crippen LogP contribution in [-0.2, 0) is 4.74 Å². The zero-order valence-electron chi connectivity index (χ0n) is 10.2. The van der Waals surface area contributed by atoms with Gasteiger partial charge in [0.1, 0.15) is 10.1 Å². The minimum atomic E-state index is -0.534. The molecule has 94 valence electrons. The highest BCUT2D eigenvalue weighted by molar-refractivity contribution is 9.10. The number of hydrogen-bond acceptors (Lipinski definition) is 4. The molecule has 0 unspecified atom stereocenters. The molecule has 0 fully saturated rings. The van der Waals surface area contributed by atoms with Gasteiger partial charge in [0.15, 0.2) is 0 Å². The Labute approximate surface area is 109 Å². The molecular formula is C11H15BrN2O3. The monoisotopic (exact) mass is 302 g/mol. The van der Waals surface area contributed by atoms with E-state index in [1.165, 1.54) is 13.3 Å². The Bertz CT molecular complexity index is 416. The summed E-state index contributed by atoms with van der Waals surface area (Å²) in [5.74, 6) is 0.401. The van der Waals surface area contributed by atoms with Crippen molar-refractivity contribution >= 4 is 27.7 Å². The summed E-state index contributed by atoms with van der Waals surface area (Å²) in [5, 5.41) is 2.61. The molecule has 0 radical (unpaired) electrons. The lowest BCUT2D eigenvalue weighted by Crippen LogP contribution is -2.27. The number of aromatic nitrogens is 1. The zero-order valence-corrected chi connectivity index (χ0v) is 11.8. The number of carbonyl (C=O) groups is 1. The first-order chi connectivity index (χ1) is 7.83. The molecule has 0 aliphatic heterocycles. The molecule has 0 aliphatic carbocycles. The molecule has 0 atom stereocenters. The fourth-order valence-electron chi connectivity index (χ4n) is 1.08. The summed E-state index contributed by atoms with van der Waals surface area (Å²) in [6, 6.07) is 1.65. The Balaban J connectivity index is 2.79. The molecule has 0 aromatic carbocycles. The van der Waals surface area contributed by atoms with Crippen LogP contribution in [0, 0.1) is 0 Å². The molecule has 1 aromatic heterocycles. The first kappa shape index (κ1) is 13.8. The summed E-state index contributed by atoms with van der Waals surface area (Å²) in [7, 11) is 1.50. The van der Waals surface area contributed by atoms with E-state index < -0.39 is 11.7 Å². The van der Waals surface area contributed by atoms with E-state index in [2.05, 4.69) is 26.2 Å². The lowest BCUT2D eigenvalue weighted by Gasteiger charge is -2.20. The highest BCUT2D eigenvalue weighted by Gasteiger charge is 2.17. The largest absolute Gasteiger partial charge is 0.480 e. The predicted octanol–water partition coefficient (Wildman–Crippen LogP) is 3.20. The number of halogens is 1. The fraction of sp³-hybridized carbons (Fsp3) is 0.455. The normalized spacial score (nSPS) is 10.9. The average molecular weight is 303 g/mol. The summed E-state index contributed by atoms with van der Waals surface area (Å²) < 4.78 is 10.7. The maximum absolute atomic E-state index is 11.6. The third kappa shape index (κ3) is 4.22. The maximum Gasteiger partial charge on any atom is 0.412 e. The average Bonchev–Trinajstić information content (AvgIpc) is 2.18. The van der Waals surface area contributed by atoms with Crippen molar-refractivity contribution in [3.05, 3.63) is 16.7 Å². The van der Waals surface area contributed by atoms with E-state index in [9.17, 15) is 4.79 Å². The van der Waals surface area contributed by atoms with Crippen molar-refractivity contribution in [2.45, 2.75) is 26.4 Å². The minimum absolute atomic E-state index is 0.401. The molecule has 0 saturated carbocycles. The van der Waals surface area contributed by atoms with Crippen LogP contribution in [0.25, 0.3) is 0 Å². The van der Waals surface area contributed by atoms with Gasteiger partial charge in [0.2, 0.25) is 5.88 Å². The molecule has 1 amide bonds. The number of nitrogens with zero attached hydrogens (tertiary/aromatic N) is 1. The zero-order chi connectivity index (χ0) is 13.1. The van der Waals surface area contributed by atoms with Gasteiger partial charge in [-0.2, -0.15) is 0 Å². The van der Waals surface area contributed by atoms with Gasteiger partial charge in [-0.15, -0.1) is 0 Å². The Morgan fingerprint density at radius 3 is 2.65 bits per heavy atom. The molecule has 0 spiro atoms. The van der Waals surface area contributed by atoms with Gasteiger partial charge in [-0.25, -0.2) is 9.78 Å². The number of methoxy groups -OCH3 is 1. The van der Waals surface area contributed by atoms with Gasteiger partial charge >= 0.3 is 6.09 Å². The van der Waals surface area contributed by atoms with E-state index in [0.29, 0.717) is 16.0 Å². The van der Waals surface area contributed by atoms with E-state index in [1.807, 2.05) is 0 Å². The summed E-state index contributed by atoms with van der Waals surface area (Å²) in [4.78, 5) is 15.5. The number of nitrogens with one attached hydrogen (secondary N) is 1. The van der Waals surface area contributed by atoms with Crippen molar-refractivity contribution in [3.8, 4) is 5.88 Å². The summed E-state index contributed by atoms with van der Waals surface area (Å²) in [5.41, 5.74) is 0.0133. The molecule has 1 N–H and O–H groups in total. The van der Waals surface area contributed by atoms with E-state index in [4.69, 9.17) is 9.47 Å². The van der Waals surface area contributed by atoms with E-state index in [0.717, 1.165) is 0 Å². The third-order valence-corrected chi connectivity index (χ3v) is 2.45. The highest BCUT2D eigenvalue weighted by Crippen LogP contribution is 2.30. The van der Waals surface area contributed by atoms with Gasteiger partial charge in [-0.3, -0.25) is 5.32 Å². The summed E-state index contributed by atoms with van der Waals surface area (Å²) >= 11 is 3.29. The van der Waals surface area contributed by atoms with E-state index in [1.54, 1.807) is 26.8 Å². The lowest BCUT2D eigenvalue weighted by molar-refractivity contribution is 0.0636. The van der Waals surface area contributed by atoms with Gasteiger partial charge in [-0.05, 0) is 42.8 Å². The second-order valence-electron chi connectivity index (χ2n) is 4.31. The lowest BCUT2D eigenvalue weighted by atomic mass is 10.2. The van der Waals surface area contributed by atoms with Crippen molar-refractivity contribution in [2.24, 2.45) is 0 Å². The Kier molecular flexibility index (Phi) is 4.34. The van der Waals surface area contributed by atoms with Crippen LogP contribution in [0.1, 0.15) is 20.8 Å². The van der Waals surface area contributed by atoms with Crippen molar-refractivity contribution in [1.82, 2.24) is 4.98 Å². The van der Waals surface area contributed by atoms with Crippen LogP contribution in [0.15, 0.2) is 16.7 Å². The van der Waals surface area contributed by atoms with E-state index in [-0.39, 0.29) is 0 Å². The molecule has 0 aliphatic rings. The van der Waals surface area contributed by atoms with Gasteiger partial charge in [-0.1, -0.05) is 0 Å². The molecule has 0 saturated heterocycles. The first-order valence-electron chi connectivity index (χ1n) is 5.02. The number of amides is 1. The third-order valence-electron chi connectivity index (χ3n) is 1.69. The molecule has 17 heavy (non-hydrogen) atoms. The predicted molar refractivity (Wildman–Crippen MR) is 68.3 cm³/mol.